The number of aromatic nitrogens is 2. The molecular formula is C15H10N2. The lowest BCUT2D eigenvalue weighted by atomic mass is 10.1. The smallest absolute Gasteiger partial charge is 0.145 e. The molecule has 2 aromatic carbocycles. The molecule has 0 fully saturated rings. The summed E-state index contributed by atoms with van der Waals surface area (Å²) in [7, 11) is 0. The molecule has 0 saturated carbocycles. The SMILES string of the molecule is c1ccc2c(c1)c1ccccc1n1ccnc21. The highest BCUT2D eigenvalue weighted by atomic mass is 15.0. The molecule has 0 radical (unpaired) electrons. The van der Waals surface area contributed by atoms with E-state index >= 15 is 0 Å². The van der Waals surface area contributed by atoms with Gasteiger partial charge in [-0.25, -0.2) is 4.98 Å². The Balaban J connectivity index is 2.48. The number of hydrogen-bond acceptors (Lipinski definition) is 1. The highest BCUT2D eigenvalue weighted by Gasteiger charge is 2.07. The molecule has 2 heterocycles. The van der Waals surface area contributed by atoms with Gasteiger partial charge in [-0.1, -0.05) is 42.5 Å². The number of para-hydroxylation sites is 1. The van der Waals surface area contributed by atoms with Crippen LogP contribution in [0.2, 0.25) is 0 Å². The van der Waals surface area contributed by atoms with Gasteiger partial charge in [-0.3, -0.25) is 4.40 Å². The van der Waals surface area contributed by atoms with Crippen molar-refractivity contribution >= 4 is 27.3 Å². The first kappa shape index (κ1) is 8.76. The van der Waals surface area contributed by atoms with Gasteiger partial charge in [0.15, 0.2) is 0 Å². The molecule has 0 aliphatic carbocycles. The van der Waals surface area contributed by atoms with E-state index < -0.39 is 0 Å². The lowest BCUT2D eigenvalue weighted by Crippen LogP contribution is -1.89. The minimum Gasteiger partial charge on any atom is -0.299 e. The number of hydrogen-bond donors (Lipinski definition) is 0. The molecule has 0 bridgehead atoms. The molecule has 0 spiro atoms. The van der Waals surface area contributed by atoms with Crippen molar-refractivity contribution in [3.63, 3.8) is 0 Å². The monoisotopic (exact) mass is 218 g/mol. The highest BCUT2D eigenvalue weighted by molar-refractivity contribution is 6.11. The van der Waals surface area contributed by atoms with Crippen molar-refractivity contribution in [2.24, 2.45) is 0 Å². The number of fused-ring (bicyclic) bond motifs is 6. The topological polar surface area (TPSA) is 17.3 Å². The summed E-state index contributed by atoms with van der Waals surface area (Å²) < 4.78 is 2.15. The van der Waals surface area contributed by atoms with Crippen molar-refractivity contribution in [1.29, 1.82) is 0 Å². The van der Waals surface area contributed by atoms with E-state index in [4.69, 9.17) is 0 Å². The Kier molecular flexibility index (Phi) is 1.59. The molecule has 2 aromatic heterocycles. The van der Waals surface area contributed by atoms with E-state index in [-0.39, 0.29) is 0 Å². The molecule has 2 nitrogen and oxygen atoms in total. The maximum absolute atomic E-state index is 4.46. The molecule has 4 aromatic rings. The van der Waals surface area contributed by atoms with Gasteiger partial charge in [0.1, 0.15) is 5.65 Å². The van der Waals surface area contributed by atoms with Crippen LogP contribution in [0.5, 0.6) is 0 Å². The van der Waals surface area contributed by atoms with Crippen molar-refractivity contribution in [2.45, 2.75) is 0 Å². The molecule has 2 heteroatoms. The fourth-order valence-corrected chi connectivity index (χ4v) is 2.52. The number of pyridine rings is 1. The lowest BCUT2D eigenvalue weighted by molar-refractivity contribution is 1.27. The Bertz CT molecular complexity index is 773. The van der Waals surface area contributed by atoms with Gasteiger partial charge >= 0.3 is 0 Å². The van der Waals surface area contributed by atoms with Crippen LogP contribution in [-0.4, -0.2) is 9.38 Å². The second-order valence-electron chi connectivity index (χ2n) is 4.18. The molecule has 0 N–H and O–H groups in total. The Morgan fingerprint density at radius 3 is 2.35 bits per heavy atom. The van der Waals surface area contributed by atoms with Crippen LogP contribution in [-0.2, 0) is 0 Å². The van der Waals surface area contributed by atoms with Gasteiger partial charge in [0.25, 0.3) is 0 Å². The van der Waals surface area contributed by atoms with E-state index in [1.807, 2.05) is 12.4 Å². The van der Waals surface area contributed by atoms with E-state index in [1.165, 1.54) is 21.7 Å². The number of rotatable bonds is 0. The fraction of sp³-hybridized carbons (Fsp3) is 0. The van der Waals surface area contributed by atoms with Gasteiger partial charge in [0.05, 0.1) is 5.52 Å². The summed E-state index contributed by atoms with van der Waals surface area (Å²) in [5.74, 6) is 0. The van der Waals surface area contributed by atoms with Crippen molar-refractivity contribution < 1.29 is 0 Å². The first-order valence-corrected chi connectivity index (χ1v) is 5.68. The minimum absolute atomic E-state index is 1.03. The third kappa shape index (κ3) is 1.07. The molecule has 0 amide bonds. The summed E-state index contributed by atoms with van der Waals surface area (Å²) in [5.41, 5.74) is 2.23. The van der Waals surface area contributed by atoms with Crippen LogP contribution >= 0.6 is 0 Å². The molecule has 4 rings (SSSR count). The average Bonchev–Trinajstić information content (AvgIpc) is 2.89. The zero-order valence-electron chi connectivity index (χ0n) is 9.17. The Labute approximate surface area is 98.1 Å². The van der Waals surface area contributed by atoms with Crippen LogP contribution < -0.4 is 0 Å². The second-order valence-corrected chi connectivity index (χ2v) is 4.18. The Morgan fingerprint density at radius 1 is 0.765 bits per heavy atom. The normalized spacial score (nSPS) is 11.5. The van der Waals surface area contributed by atoms with Crippen molar-refractivity contribution in [1.82, 2.24) is 9.38 Å². The highest BCUT2D eigenvalue weighted by Crippen LogP contribution is 2.28. The first-order valence-electron chi connectivity index (χ1n) is 5.68. The lowest BCUT2D eigenvalue weighted by Gasteiger charge is -2.07. The molecule has 0 aliphatic rings. The van der Waals surface area contributed by atoms with Gasteiger partial charge in [-0.05, 0) is 11.5 Å². The third-order valence-corrected chi connectivity index (χ3v) is 3.26. The predicted octanol–water partition coefficient (Wildman–Crippen LogP) is 3.64. The van der Waals surface area contributed by atoms with Gasteiger partial charge in [0, 0.05) is 23.2 Å². The van der Waals surface area contributed by atoms with Crippen molar-refractivity contribution in [3.05, 3.63) is 60.9 Å². The van der Waals surface area contributed by atoms with Gasteiger partial charge < -0.3 is 0 Å². The summed E-state index contributed by atoms with van der Waals surface area (Å²) in [6, 6.07) is 16.9. The van der Waals surface area contributed by atoms with Gasteiger partial charge in [-0.15, -0.1) is 0 Å². The number of imidazole rings is 1. The molecule has 80 valence electrons. The second kappa shape index (κ2) is 3.08. The third-order valence-electron chi connectivity index (χ3n) is 3.26. The largest absolute Gasteiger partial charge is 0.299 e. The van der Waals surface area contributed by atoms with Gasteiger partial charge in [0.2, 0.25) is 0 Å². The molecule has 0 aliphatic heterocycles. The average molecular weight is 218 g/mol. The van der Waals surface area contributed by atoms with Crippen molar-refractivity contribution in [3.8, 4) is 0 Å². The summed E-state index contributed by atoms with van der Waals surface area (Å²) in [5, 5.41) is 3.74. The van der Waals surface area contributed by atoms with Crippen LogP contribution in [0.25, 0.3) is 27.3 Å². The Morgan fingerprint density at radius 2 is 1.47 bits per heavy atom. The molecule has 0 atom stereocenters. The zero-order chi connectivity index (χ0) is 11.2. The van der Waals surface area contributed by atoms with E-state index in [0.717, 1.165) is 5.65 Å². The maximum Gasteiger partial charge on any atom is 0.145 e. The number of benzene rings is 2. The van der Waals surface area contributed by atoms with E-state index in [1.54, 1.807) is 0 Å². The Hall–Kier alpha value is -2.35. The molecular weight excluding hydrogens is 208 g/mol. The first-order chi connectivity index (χ1) is 8.45. The number of nitrogens with zero attached hydrogens (tertiary/aromatic N) is 2. The van der Waals surface area contributed by atoms with Crippen molar-refractivity contribution in [2.75, 3.05) is 0 Å². The molecule has 0 unspecified atom stereocenters. The zero-order valence-corrected chi connectivity index (χ0v) is 9.17. The van der Waals surface area contributed by atoms with Crippen LogP contribution in [0.4, 0.5) is 0 Å². The fourth-order valence-electron chi connectivity index (χ4n) is 2.52. The molecule has 0 saturated heterocycles. The van der Waals surface area contributed by atoms with E-state index in [2.05, 4.69) is 57.9 Å². The summed E-state index contributed by atoms with van der Waals surface area (Å²) in [6.07, 6.45) is 3.87. The van der Waals surface area contributed by atoms with Crippen LogP contribution in [0.15, 0.2) is 60.9 Å². The summed E-state index contributed by atoms with van der Waals surface area (Å²) >= 11 is 0. The quantitative estimate of drug-likeness (QED) is 0.412. The standard InChI is InChI=1S/C15H10N2/c1-2-7-13-11(5-1)12-6-3-4-8-14(12)17-10-9-16-15(13)17/h1-10H. The van der Waals surface area contributed by atoms with Crippen LogP contribution in [0.3, 0.4) is 0 Å². The van der Waals surface area contributed by atoms with E-state index in [0.29, 0.717) is 0 Å². The maximum atomic E-state index is 4.46. The summed E-state index contributed by atoms with van der Waals surface area (Å²) in [6.45, 7) is 0. The summed E-state index contributed by atoms with van der Waals surface area (Å²) in [4.78, 5) is 4.46. The molecule has 17 heavy (non-hydrogen) atoms. The minimum atomic E-state index is 1.03. The van der Waals surface area contributed by atoms with E-state index in [9.17, 15) is 0 Å². The van der Waals surface area contributed by atoms with Gasteiger partial charge in [-0.2, -0.15) is 0 Å². The van der Waals surface area contributed by atoms with Crippen LogP contribution in [0, 0.1) is 0 Å². The predicted molar refractivity (Wildman–Crippen MR) is 70.2 cm³/mol. The van der Waals surface area contributed by atoms with Crippen LogP contribution in [0.1, 0.15) is 0 Å².